The van der Waals surface area contributed by atoms with E-state index < -0.39 is 10.0 Å². The second kappa shape index (κ2) is 5.85. The fraction of sp³-hybridized carbons (Fsp3) is 0.438. The zero-order valence-corrected chi connectivity index (χ0v) is 13.8. The number of imidazole rings is 1. The number of sulfonamides is 1. The maximum Gasteiger partial charge on any atom is 0.260 e. The lowest BCUT2D eigenvalue weighted by atomic mass is 10.0. The van der Waals surface area contributed by atoms with Crippen LogP contribution in [0, 0.1) is 6.92 Å². The number of nitrogens with zero attached hydrogens (tertiary/aromatic N) is 3. The first-order chi connectivity index (χ1) is 10.5. The van der Waals surface area contributed by atoms with Gasteiger partial charge in [-0.15, -0.1) is 0 Å². The van der Waals surface area contributed by atoms with E-state index in [9.17, 15) is 8.42 Å². The van der Waals surface area contributed by atoms with E-state index in [1.807, 2.05) is 32.0 Å². The van der Waals surface area contributed by atoms with Gasteiger partial charge in [0.2, 0.25) is 0 Å². The molecule has 0 N–H and O–H groups in total. The molecule has 22 heavy (non-hydrogen) atoms. The Bertz CT molecular complexity index is 767. The summed E-state index contributed by atoms with van der Waals surface area (Å²) >= 11 is 0. The highest BCUT2D eigenvalue weighted by atomic mass is 32.2. The average molecular weight is 319 g/mol. The van der Waals surface area contributed by atoms with E-state index in [0.717, 1.165) is 24.0 Å². The molecule has 118 valence electrons. The van der Waals surface area contributed by atoms with Crippen molar-refractivity contribution >= 4 is 10.0 Å². The normalized spacial score (nSPS) is 19.6. The maximum atomic E-state index is 13.0. The molecule has 5 nitrogen and oxygen atoms in total. The highest BCUT2D eigenvalue weighted by Crippen LogP contribution is 2.36. The van der Waals surface area contributed by atoms with E-state index in [-0.39, 0.29) is 11.1 Å². The molecular formula is C16H21N3O2S. The molecule has 1 aromatic heterocycles. The van der Waals surface area contributed by atoms with Gasteiger partial charge in [-0.25, -0.2) is 13.4 Å². The Morgan fingerprint density at radius 3 is 2.91 bits per heavy atom. The van der Waals surface area contributed by atoms with Gasteiger partial charge in [0.15, 0.2) is 5.03 Å². The highest BCUT2D eigenvalue weighted by molar-refractivity contribution is 7.89. The molecule has 1 aromatic carbocycles. The molecule has 0 saturated carbocycles. The molecule has 6 heteroatoms. The summed E-state index contributed by atoms with van der Waals surface area (Å²) in [7, 11) is -3.51. The van der Waals surface area contributed by atoms with E-state index in [4.69, 9.17) is 0 Å². The number of benzene rings is 1. The van der Waals surface area contributed by atoms with Gasteiger partial charge >= 0.3 is 0 Å². The Morgan fingerprint density at radius 2 is 2.18 bits per heavy atom. The van der Waals surface area contributed by atoms with Crippen LogP contribution in [0.3, 0.4) is 0 Å². The smallest absolute Gasteiger partial charge is 0.260 e. The highest BCUT2D eigenvalue weighted by Gasteiger charge is 2.37. The SMILES string of the molecule is CCn1cncc1S(=O)(=O)N1CCCC1c1cccc(C)c1. The largest absolute Gasteiger partial charge is 0.321 e. The molecular weight excluding hydrogens is 298 g/mol. The molecule has 2 aromatic rings. The molecule has 1 atom stereocenters. The van der Waals surface area contributed by atoms with Crippen molar-refractivity contribution in [1.29, 1.82) is 0 Å². The lowest BCUT2D eigenvalue weighted by Gasteiger charge is -2.24. The lowest BCUT2D eigenvalue weighted by molar-refractivity contribution is 0.391. The minimum Gasteiger partial charge on any atom is -0.321 e. The molecule has 0 aliphatic carbocycles. The van der Waals surface area contributed by atoms with Crippen LogP contribution < -0.4 is 0 Å². The molecule has 0 spiro atoms. The topological polar surface area (TPSA) is 55.2 Å². The minimum absolute atomic E-state index is 0.0786. The van der Waals surface area contributed by atoms with Gasteiger partial charge in [-0.3, -0.25) is 0 Å². The van der Waals surface area contributed by atoms with Crippen LogP contribution >= 0.6 is 0 Å². The number of hydrogen-bond donors (Lipinski definition) is 0. The number of rotatable bonds is 4. The van der Waals surface area contributed by atoms with Crippen molar-refractivity contribution in [2.45, 2.75) is 44.3 Å². The second-order valence-corrected chi connectivity index (χ2v) is 7.54. The van der Waals surface area contributed by atoms with Gasteiger partial charge in [0, 0.05) is 13.1 Å². The van der Waals surface area contributed by atoms with Crippen LogP contribution in [0.5, 0.6) is 0 Å². The molecule has 0 bridgehead atoms. The van der Waals surface area contributed by atoms with Crippen LogP contribution in [0.4, 0.5) is 0 Å². The van der Waals surface area contributed by atoms with E-state index in [0.29, 0.717) is 13.1 Å². The van der Waals surface area contributed by atoms with Gasteiger partial charge in [-0.05, 0) is 32.3 Å². The fourth-order valence-electron chi connectivity index (χ4n) is 3.12. The zero-order chi connectivity index (χ0) is 15.7. The molecule has 1 saturated heterocycles. The number of aromatic nitrogens is 2. The molecule has 2 heterocycles. The minimum atomic E-state index is -3.51. The first-order valence-corrected chi connectivity index (χ1v) is 9.06. The van der Waals surface area contributed by atoms with Crippen LogP contribution in [-0.4, -0.2) is 28.8 Å². The van der Waals surface area contributed by atoms with Gasteiger partial charge in [0.25, 0.3) is 10.0 Å². The summed E-state index contributed by atoms with van der Waals surface area (Å²) in [6, 6.07) is 8.04. The van der Waals surface area contributed by atoms with Gasteiger partial charge in [-0.2, -0.15) is 4.31 Å². The lowest BCUT2D eigenvalue weighted by Crippen LogP contribution is -2.32. The molecule has 1 aliphatic rings. The standard InChI is InChI=1S/C16H21N3O2S/c1-3-18-12-17-11-16(18)22(20,21)19-9-5-8-15(19)14-7-4-6-13(2)10-14/h4,6-7,10-12,15H,3,5,8-9H2,1-2H3. The first kappa shape index (κ1) is 15.2. The summed E-state index contributed by atoms with van der Waals surface area (Å²) in [4.78, 5) is 4.00. The first-order valence-electron chi connectivity index (χ1n) is 7.62. The summed E-state index contributed by atoms with van der Waals surface area (Å²) in [6.45, 7) is 5.11. The monoisotopic (exact) mass is 319 g/mol. The Kier molecular flexibility index (Phi) is 4.06. The summed E-state index contributed by atoms with van der Waals surface area (Å²) < 4.78 is 29.3. The van der Waals surface area contributed by atoms with Gasteiger partial charge < -0.3 is 4.57 Å². The van der Waals surface area contributed by atoms with Crippen molar-refractivity contribution in [3.05, 3.63) is 47.9 Å². The predicted octanol–water partition coefficient (Wildman–Crippen LogP) is 2.74. The Hall–Kier alpha value is -1.66. The Balaban J connectivity index is 1.99. The Labute approximate surface area is 131 Å². The summed E-state index contributed by atoms with van der Waals surface area (Å²) in [6.07, 6.45) is 4.77. The van der Waals surface area contributed by atoms with E-state index in [2.05, 4.69) is 11.1 Å². The van der Waals surface area contributed by atoms with Crippen molar-refractivity contribution in [2.24, 2.45) is 0 Å². The number of hydrogen-bond acceptors (Lipinski definition) is 3. The van der Waals surface area contributed by atoms with E-state index in [1.165, 1.54) is 6.20 Å². The van der Waals surface area contributed by atoms with Gasteiger partial charge in [0.05, 0.1) is 18.6 Å². The van der Waals surface area contributed by atoms with Crippen LogP contribution in [0.15, 0.2) is 41.8 Å². The van der Waals surface area contributed by atoms with Crippen molar-refractivity contribution in [2.75, 3.05) is 6.54 Å². The van der Waals surface area contributed by atoms with Crippen LogP contribution in [-0.2, 0) is 16.6 Å². The maximum absolute atomic E-state index is 13.0. The quantitative estimate of drug-likeness (QED) is 0.870. The fourth-order valence-corrected chi connectivity index (χ4v) is 4.96. The molecule has 1 fully saturated rings. The Morgan fingerprint density at radius 1 is 1.36 bits per heavy atom. The predicted molar refractivity (Wildman–Crippen MR) is 84.9 cm³/mol. The average Bonchev–Trinajstić information content (AvgIpc) is 3.16. The van der Waals surface area contributed by atoms with E-state index >= 15 is 0 Å². The summed E-state index contributed by atoms with van der Waals surface area (Å²) in [5.41, 5.74) is 2.23. The zero-order valence-electron chi connectivity index (χ0n) is 12.9. The third kappa shape index (κ3) is 2.57. The molecule has 1 aliphatic heterocycles. The van der Waals surface area contributed by atoms with Crippen molar-refractivity contribution in [3.63, 3.8) is 0 Å². The van der Waals surface area contributed by atoms with Gasteiger partial charge in [-0.1, -0.05) is 29.8 Å². The third-order valence-corrected chi connectivity index (χ3v) is 6.14. The summed E-state index contributed by atoms with van der Waals surface area (Å²) in [5, 5.41) is 0.287. The molecule has 1 unspecified atom stereocenters. The molecule has 3 rings (SSSR count). The van der Waals surface area contributed by atoms with Crippen LogP contribution in [0.25, 0.3) is 0 Å². The molecule has 0 radical (unpaired) electrons. The third-order valence-electron chi connectivity index (χ3n) is 4.22. The van der Waals surface area contributed by atoms with Crippen LogP contribution in [0.2, 0.25) is 0 Å². The van der Waals surface area contributed by atoms with Crippen molar-refractivity contribution in [3.8, 4) is 0 Å². The molecule has 0 amide bonds. The van der Waals surface area contributed by atoms with Crippen molar-refractivity contribution < 1.29 is 8.42 Å². The van der Waals surface area contributed by atoms with E-state index in [1.54, 1.807) is 15.2 Å². The van der Waals surface area contributed by atoms with Crippen molar-refractivity contribution in [1.82, 2.24) is 13.9 Å². The second-order valence-electron chi connectivity index (χ2n) is 5.71. The van der Waals surface area contributed by atoms with Crippen LogP contribution in [0.1, 0.15) is 36.9 Å². The summed E-state index contributed by atoms with van der Waals surface area (Å²) in [5.74, 6) is 0. The number of aryl methyl sites for hydroxylation is 2. The van der Waals surface area contributed by atoms with Gasteiger partial charge in [0.1, 0.15) is 0 Å².